The van der Waals surface area contributed by atoms with E-state index in [0.717, 1.165) is 19.4 Å². The molecule has 2 amide bonds. The van der Waals surface area contributed by atoms with Crippen LogP contribution in [0.4, 0.5) is 4.79 Å². The van der Waals surface area contributed by atoms with Gasteiger partial charge < -0.3 is 15.3 Å². The van der Waals surface area contributed by atoms with Crippen molar-refractivity contribution in [2.45, 2.75) is 39.2 Å². The van der Waals surface area contributed by atoms with Gasteiger partial charge in [-0.15, -0.1) is 11.3 Å². The van der Waals surface area contributed by atoms with Crippen molar-refractivity contribution in [3.63, 3.8) is 0 Å². The van der Waals surface area contributed by atoms with Crippen LogP contribution >= 0.6 is 11.3 Å². The quantitative estimate of drug-likeness (QED) is 0.849. The average molecular weight is 310 g/mol. The molecule has 0 saturated carbocycles. The molecule has 1 aromatic rings. The molecule has 21 heavy (non-hydrogen) atoms. The number of carboxylic acids is 1. The van der Waals surface area contributed by atoms with Crippen molar-refractivity contribution in [3.05, 3.63) is 21.9 Å². The highest BCUT2D eigenvalue weighted by molar-refractivity contribution is 7.10. The number of carbonyl (C=O) groups excluding carboxylic acids is 1. The van der Waals surface area contributed by atoms with Crippen LogP contribution in [0.3, 0.4) is 0 Å². The van der Waals surface area contributed by atoms with Crippen molar-refractivity contribution in [1.29, 1.82) is 0 Å². The molecule has 1 unspecified atom stereocenters. The fourth-order valence-electron chi connectivity index (χ4n) is 2.47. The third-order valence-electron chi connectivity index (χ3n) is 3.86. The van der Waals surface area contributed by atoms with Crippen molar-refractivity contribution in [2.24, 2.45) is 5.92 Å². The van der Waals surface area contributed by atoms with Gasteiger partial charge in [0, 0.05) is 30.9 Å². The van der Waals surface area contributed by atoms with E-state index in [2.05, 4.69) is 16.8 Å². The zero-order valence-electron chi connectivity index (χ0n) is 12.3. The molecule has 0 radical (unpaired) electrons. The van der Waals surface area contributed by atoms with E-state index >= 15 is 0 Å². The molecule has 1 aliphatic heterocycles. The van der Waals surface area contributed by atoms with Crippen LogP contribution in [0, 0.1) is 5.92 Å². The molecule has 0 fully saturated rings. The zero-order valence-corrected chi connectivity index (χ0v) is 13.1. The number of thiophene rings is 1. The monoisotopic (exact) mass is 310 g/mol. The summed E-state index contributed by atoms with van der Waals surface area (Å²) in [5.41, 5.74) is 1.26. The molecule has 5 nitrogen and oxygen atoms in total. The van der Waals surface area contributed by atoms with E-state index in [-0.39, 0.29) is 12.5 Å². The third kappa shape index (κ3) is 4.74. The van der Waals surface area contributed by atoms with E-state index in [1.54, 1.807) is 11.3 Å². The summed E-state index contributed by atoms with van der Waals surface area (Å²) in [4.78, 5) is 25.8. The number of fused-ring (bicyclic) bond motifs is 1. The van der Waals surface area contributed by atoms with Crippen molar-refractivity contribution in [2.75, 3.05) is 13.1 Å². The minimum atomic E-state index is -0.759. The molecular formula is C15H22N2O3S. The van der Waals surface area contributed by atoms with Crippen molar-refractivity contribution in [3.8, 4) is 0 Å². The minimum Gasteiger partial charge on any atom is -0.481 e. The van der Waals surface area contributed by atoms with E-state index in [9.17, 15) is 9.59 Å². The largest absolute Gasteiger partial charge is 0.481 e. The van der Waals surface area contributed by atoms with Crippen LogP contribution in [0.2, 0.25) is 0 Å². The number of amides is 2. The molecule has 116 valence electrons. The Labute approximate surface area is 129 Å². The first-order chi connectivity index (χ1) is 10.1. The Balaban J connectivity index is 1.67. The molecule has 2 heterocycles. The number of rotatable bonds is 6. The van der Waals surface area contributed by atoms with Gasteiger partial charge in [-0.05, 0) is 42.2 Å². The van der Waals surface area contributed by atoms with Gasteiger partial charge in [0.2, 0.25) is 0 Å². The molecule has 0 saturated heterocycles. The fraction of sp³-hybridized carbons (Fsp3) is 0.600. The molecule has 0 bridgehead atoms. The number of hydrogen-bond donors (Lipinski definition) is 2. The van der Waals surface area contributed by atoms with Gasteiger partial charge in [0.15, 0.2) is 0 Å². The van der Waals surface area contributed by atoms with Crippen LogP contribution in [0.25, 0.3) is 0 Å². The highest BCUT2D eigenvalue weighted by Gasteiger charge is 2.21. The van der Waals surface area contributed by atoms with E-state index in [4.69, 9.17) is 5.11 Å². The number of carbonyl (C=O) groups is 2. The Morgan fingerprint density at radius 1 is 1.48 bits per heavy atom. The number of aliphatic carboxylic acids is 1. The van der Waals surface area contributed by atoms with Gasteiger partial charge in [0.05, 0.1) is 0 Å². The van der Waals surface area contributed by atoms with Crippen LogP contribution < -0.4 is 5.32 Å². The zero-order chi connectivity index (χ0) is 15.2. The van der Waals surface area contributed by atoms with Gasteiger partial charge >= 0.3 is 12.0 Å². The topological polar surface area (TPSA) is 69.6 Å². The Kier molecular flexibility index (Phi) is 5.61. The normalized spacial score (nSPS) is 15.4. The van der Waals surface area contributed by atoms with Gasteiger partial charge in [0.1, 0.15) is 0 Å². The molecule has 1 aliphatic rings. The summed E-state index contributed by atoms with van der Waals surface area (Å²) in [7, 11) is 0. The summed E-state index contributed by atoms with van der Waals surface area (Å²) in [5.74, 6) is -0.447. The summed E-state index contributed by atoms with van der Waals surface area (Å²) < 4.78 is 0. The number of hydrogen-bond acceptors (Lipinski definition) is 3. The summed E-state index contributed by atoms with van der Waals surface area (Å²) in [6, 6.07) is 2.07. The lowest BCUT2D eigenvalue weighted by atomic mass is 10.0. The predicted molar refractivity (Wildman–Crippen MR) is 82.5 cm³/mol. The molecule has 0 aliphatic carbocycles. The van der Waals surface area contributed by atoms with Gasteiger partial charge in [-0.3, -0.25) is 4.79 Å². The lowest BCUT2D eigenvalue weighted by Gasteiger charge is -2.27. The molecule has 2 N–H and O–H groups in total. The molecular weight excluding hydrogens is 288 g/mol. The van der Waals surface area contributed by atoms with Crippen LogP contribution in [-0.2, 0) is 17.8 Å². The van der Waals surface area contributed by atoms with Crippen molar-refractivity contribution in [1.82, 2.24) is 10.2 Å². The van der Waals surface area contributed by atoms with Gasteiger partial charge in [-0.1, -0.05) is 6.92 Å². The first kappa shape index (κ1) is 15.8. The second-order valence-electron chi connectivity index (χ2n) is 5.60. The lowest BCUT2D eigenvalue weighted by Crippen LogP contribution is -2.42. The van der Waals surface area contributed by atoms with Crippen LogP contribution in [0.15, 0.2) is 11.4 Å². The van der Waals surface area contributed by atoms with Gasteiger partial charge in [0.25, 0.3) is 0 Å². The molecule has 6 heteroatoms. The lowest BCUT2D eigenvalue weighted by molar-refractivity contribution is -0.137. The maximum Gasteiger partial charge on any atom is 0.317 e. The molecule has 0 spiro atoms. The minimum absolute atomic E-state index is 0.0164. The highest BCUT2D eigenvalue weighted by Crippen LogP contribution is 2.23. The summed E-state index contributed by atoms with van der Waals surface area (Å²) in [6.07, 6.45) is 2.61. The number of nitrogens with zero attached hydrogens (tertiary/aromatic N) is 1. The third-order valence-corrected chi connectivity index (χ3v) is 4.88. The first-order valence-corrected chi connectivity index (χ1v) is 8.24. The number of urea groups is 1. The van der Waals surface area contributed by atoms with Crippen LogP contribution in [-0.4, -0.2) is 35.1 Å². The maximum absolute atomic E-state index is 12.1. The molecule has 1 atom stereocenters. The Morgan fingerprint density at radius 3 is 3.05 bits per heavy atom. The summed E-state index contributed by atoms with van der Waals surface area (Å²) in [5, 5.41) is 13.6. The number of carboxylic acid groups (broad SMARTS) is 1. The Hall–Kier alpha value is -1.56. The summed E-state index contributed by atoms with van der Waals surface area (Å²) >= 11 is 1.76. The highest BCUT2D eigenvalue weighted by atomic mass is 32.1. The number of nitrogens with one attached hydrogen (secondary N) is 1. The Morgan fingerprint density at radius 2 is 2.29 bits per heavy atom. The smallest absolute Gasteiger partial charge is 0.317 e. The van der Waals surface area contributed by atoms with Gasteiger partial charge in [-0.25, -0.2) is 4.79 Å². The van der Waals surface area contributed by atoms with E-state index in [1.165, 1.54) is 10.4 Å². The molecule has 1 aromatic heterocycles. The second kappa shape index (κ2) is 7.45. The van der Waals surface area contributed by atoms with Crippen LogP contribution in [0.5, 0.6) is 0 Å². The average Bonchev–Trinajstić information content (AvgIpc) is 2.92. The second-order valence-corrected chi connectivity index (χ2v) is 6.60. The van der Waals surface area contributed by atoms with Crippen LogP contribution in [0.1, 0.15) is 36.6 Å². The van der Waals surface area contributed by atoms with Gasteiger partial charge in [-0.2, -0.15) is 0 Å². The predicted octanol–water partition coefficient (Wildman–Crippen LogP) is 2.71. The van der Waals surface area contributed by atoms with E-state index in [1.807, 2.05) is 11.8 Å². The molecule has 0 aromatic carbocycles. The fourth-order valence-corrected chi connectivity index (χ4v) is 3.36. The summed E-state index contributed by atoms with van der Waals surface area (Å²) in [6.45, 7) is 4.09. The van der Waals surface area contributed by atoms with E-state index in [0.29, 0.717) is 25.4 Å². The van der Waals surface area contributed by atoms with E-state index < -0.39 is 5.97 Å². The maximum atomic E-state index is 12.1. The first-order valence-electron chi connectivity index (χ1n) is 7.36. The molecule has 2 rings (SSSR count). The SMILES string of the molecule is CC(CCNC(=O)N1CCc2sccc2C1)CCC(=O)O. The van der Waals surface area contributed by atoms with Crippen molar-refractivity contribution < 1.29 is 14.7 Å². The standard InChI is InChI=1S/C15H22N2O3S/c1-11(2-3-14(18)19)4-7-16-15(20)17-8-5-13-12(10-17)6-9-21-13/h6,9,11H,2-5,7-8,10H2,1H3,(H,16,20)(H,18,19). The Bertz CT molecular complexity index is 501. The van der Waals surface area contributed by atoms with Crippen molar-refractivity contribution >= 4 is 23.3 Å².